The van der Waals surface area contributed by atoms with Gasteiger partial charge in [0.1, 0.15) is 46.7 Å². The Labute approximate surface area is 237 Å². The molecule has 4 aromatic rings. The van der Waals surface area contributed by atoms with Crippen LogP contribution in [0, 0.1) is 0 Å². The smallest absolute Gasteiger partial charge is 0.157 e. The average molecular weight is 579 g/mol. The molecule has 12 nitrogen and oxygen atoms in total. The quantitative estimate of drug-likeness (QED) is 0.159. The van der Waals surface area contributed by atoms with E-state index in [1.54, 1.807) is 0 Å². The summed E-state index contributed by atoms with van der Waals surface area (Å²) in [4.78, 5) is 0. The monoisotopic (exact) mass is 578 g/mol. The molecule has 2 heterocycles. The van der Waals surface area contributed by atoms with Crippen molar-refractivity contribution < 1.29 is 60.5 Å². The molecule has 2 aliphatic heterocycles. The topological polar surface area (TPSA) is 221 Å². The third-order valence-corrected chi connectivity index (χ3v) is 7.67. The van der Waals surface area contributed by atoms with Crippen LogP contribution in [0.15, 0.2) is 54.6 Å². The molecule has 0 radical (unpaired) electrons. The number of ether oxygens (including phenoxy) is 2. The maximum atomic E-state index is 11.8. The fourth-order valence-electron chi connectivity index (χ4n) is 5.71. The molecule has 6 rings (SSSR count). The van der Waals surface area contributed by atoms with E-state index < -0.39 is 70.6 Å². The summed E-state index contributed by atoms with van der Waals surface area (Å²) < 4.78 is 12.1. The predicted molar refractivity (Wildman–Crippen MR) is 143 cm³/mol. The third kappa shape index (κ3) is 4.24. The van der Waals surface area contributed by atoms with Crippen molar-refractivity contribution in [2.24, 2.45) is 0 Å². The van der Waals surface area contributed by atoms with Crippen molar-refractivity contribution in [2.75, 3.05) is 0 Å². The van der Waals surface area contributed by atoms with Gasteiger partial charge in [0.2, 0.25) is 0 Å². The first-order valence-corrected chi connectivity index (χ1v) is 12.8. The molecule has 0 spiro atoms. The van der Waals surface area contributed by atoms with E-state index in [-0.39, 0.29) is 51.5 Å². The fraction of sp³-hybridized carbons (Fsp3) is 0.200. The minimum absolute atomic E-state index is 0.0312. The van der Waals surface area contributed by atoms with Gasteiger partial charge in [-0.25, -0.2) is 0 Å². The number of fused-ring (bicyclic) bond motifs is 2. The Hall–Kier alpha value is -5.20. The molecule has 0 aliphatic carbocycles. The van der Waals surface area contributed by atoms with Crippen molar-refractivity contribution in [3.63, 3.8) is 0 Å². The Morgan fingerprint density at radius 1 is 0.548 bits per heavy atom. The Kier molecular flexibility index (Phi) is 6.24. The molecule has 0 bridgehead atoms. The van der Waals surface area contributed by atoms with Gasteiger partial charge in [0.05, 0.1) is 12.0 Å². The molecule has 5 atom stereocenters. The maximum Gasteiger partial charge on any atom is 0.157 e. The molecular weight excluding hydrogens is 552 g/mol. The van der Waals surface area contributed by atoms with Gasteiger partial charge in [0.25, 0.3) is 0 Å². The maximum absolute atomic E-state index is 11.8. The molecule has 0 aromatic heterocycles. The number of benzene rings is 4. The van der Waals surface area contributed by atoms with E-state index in [0.717, 1.165) is 12.1 Å². The zero-order valence-electron chi connectivity index (χ0n) is 21.6. The Morgan fingerprint density at radius 2 is 1.14 bits per heavy atom. The molecule has 0 saturated heterocycles. The summed E-state index contributed by atoms with van der Waals surface area (Å²) in [7, 11) is 0. The van der Waals surface area contributed by atoms with E-state index in [1.807, 2.05) is 0 Å². The Bertz CT molecular complexity index is 1720. The SMILES string of the molecule is Oc1cc(O)c2c(c1)O[C@H](c1ccc(O)c(O)c1)[C@H](O)[C@H]2c1c(O)cc(O)c2c1O[C@H](c1ccc(O)c(O)c1)[C@@H](O)C2. The predicted octanol–water partition coefficient (Wildman–Crippen LogP) is 3.00. The van der Waals surface area contributed by atoms with Crippen molar-refractivity contribution in [3.8, 4) is 57.5 Å². The normalized spacial score (nSPS) is 22.9. The summed E-state index contributed by atoms with van der Waals surface area (Å²) in [5.41, 5.74) is 0.435. The summed E-state index contributed by atoms with van der Waals surface area (Å²) in [6.45, 7) is 0. The lowest BCUT2D eigenvalue weighted by Gasteiger charge is -2.40. The largest absolute Gasteiger partial charge is 0.508 e. The van der Waals surface area contributed by atoms with Crippen LogP contribution in [0.4, 0.5) is 0 Å². The zero-order chi connectivity index (χ0) is 30.0. The van der Waals surface area contributed by atoms with Gasteiger partial charge in [-0.1, -0.05) is 12.1 Å². The fourth-order valence-corrected chi connectivity index (χ4v) is 5.71. The van der Waals surface area contributed by atoms with Crippen molar-refractivity contribution in [2.45, 2.75) is 36.8 Å². The van der Waals surface area contributed by atoms with Crippen LogP contribution in [-0.2, 0) is 6.42 Å². The second kappa shape index (κ2) is 9.72. The first-order chi connectivity index (χ1) is 19.9. The summed E-state index contributed by atoms with van der Waals surface area (Å²) in [6.07, 6.45) is -5.43. The second-order valence-electron chi connectivity index (χ2n) is 10.3. The standard InChI is InChI=1S/C30H26O12/c31-13-7-20(37)24-23(8-13)41-29(12-2-4-16(33)19(36)6-12)27(40)26(24)25-21(38)10-17(34)14-9-22(39)28(42-30(14)25)11-1-3-15(32)18(35)5-11/h1-8,10,22,26-29,31-40H,9H2/t22-,26+,27+,28+,29+/m0/s1. The highest BCUT2D eigenvalue weighted by Crippen LogP contribution is 2.57. The van der Waals surface area contributed by atoms with Gasteiger partial charge in [-0.15, -0.1) is 0 Å². The van der Waals surface area contributed by atoms with Crippen molar-refractivity contribution in [3.05, 3.63) is 82.4 Å². The molecule has 218 valence electrons. The molecule has 12 heteroatoms. The van der Waals surface area contributed by atoms with Crippen molar-refractivity contribution in [1.29, 1.82) is 0 Å². The van der Waals surface area contributed by atoms with E-state index in [1.165, 1.54) is 42.5 Å². The number of aromatic hydroxyl groups is 8. The number of phenolic OH excluding ortho intramolecular Hbond substituents is 8. The Balaban J connectivity index is 1.55. The highest BCUT2D eigenvalue weighted by atomic mass is 16.5. The van der Waals surface area contributed by atoms with Crippen molar-refractivity contribution >= 4 is 0 Å². The summed E-state index contributed by atoms with van der Waals surface area (Å²) in [5.74, 6) is -5.08. The number of rotatable bonds is 3. The molecule has 42 heavy (non-hydrogen) atoms. The van der Waals surface area contributed by atoms with E-state index in [0.29, 0.717) is 0 Å². The molecule has 10 N–H and O–H groups in total. The average Bonchev–Trinajstić information content (AvgIpc) is 2.93. The molecule has 0 unspecified atom stereocenters. The van der Waals surface area contributed by atoms with Crippen LogP contribution in [0.25, 0.3) is 0 Å². The van der Waals surface area contributed by atoms with Crippen LogP contribution in [0.2, 0.25) is 0 Å². The molecule has 0 saturated carbocycles. The van der Waals surface area contributed by atoms with Gasteiger partial charge in [-0.05, 0) is 35.4 Å². The second-order valence-corrected chi connectivity index (χ2v) is 10.3. The van der Waals surface area contributed by atoms with E-state index >= 15 is 0 Å². The number of phenols is 8. The minimum atomic E-state index is -1.59. The third-order valence-electron chi connectivity index (χ3n) is 7.67. The molecular formula is C30H26O12. The molecule has 2 aliphatic rings. The summed E-state index contributed by atoms with van der Waals surface area (Å²) >= 11 is 0. The summed E-state index contributed by atoms with van der Waals surface area (Å²) in [6, 6.07) is 10.8. The molecule has 4 aromatic carbocycles. The number of aliphatic hydroxyl groups is 2. The molecule has 0 fully saturated rings. The van der Waals surface area contributed by atoms with Crippen LogP contribution in [0.3, 0.4) is 0 Å². The lowest BCUT2D eigenvalue weighted by molar-refractivity contribution is 0.00115. The van der Waals surface area contributed by atoms with Crippen LogP contribution in [-0.4, -0.2) is 63.3 Å². The van der Waals surface area contributed by atoms with E-state index in [2.05, 4.69) is 0 Å². The van der Waals surface area contributed by atoms with E-state index in [4.69, 9.17) is 9.47 Å². The highest BCUT2D eigenvalue weighted by Gasteiger charge is 2.46. The number of aliphatic hydroxyl groups excluding tert-OH is 2. The minimum Gasteiger partial charge on any atom is -0.508 e. The highest BCUT2D eigenvalue weighted by molar-refractivity contribution is 5.65. The van der Waals surface area contributed by atoms with Gasteiger partial charge < -0.3 is 60.5 Å². The van der Waals surface area contributed by atoms with Gasteiger partial charge >= 0.3 is 0 Å². The lowest BCUT2D eigenvalue weighted by Crippen LogP contribution is -2.36. The van der Waals surface area contributed by atoms with Crippen LogP contribution in [0.5, 0.6) is 57.5 Å². The lowest BCUT2D eigenvalue weighted by atomic mass is 9.77. The van der Waals surface area contributed by atoms with Gasteiger partial charge in [-0.3, -0.25) is 0 Å². The first kappa shape index (κ1) is 27.0. The van der Waals surface area contributed by atoms with E-state index in [9.17, 15) is 51.1 Å². The zero-order valence-corrected chi connectivity index (χ0v) is 21.6. The molecule has 0 amide bonds. The van der Waals surface area contributed by atoms with Gasteiger partial charge in [0.15, 0.2) is 29.1 Å². The summed E-state index contributed by atoms with van der Waals surface area (Å²) in [5, 5.41) is 105. The van der Waals surface area contributed by atoms with Gasteiger partial charge in [0, 0.05) is 41.3 Å². The number of hydrogen-bond acceptors (Lipinski definition) is 12. The van der Waals surface area contributed by atoms with Crippen molar-refractivity contribution in [1.82, 2.24) is 0 Å². The Morgan fingerprint density at radius 3 is 1.76 bits per heavy atom. The van der Waals surface area contributed by atoms with Gasteiger partial charge in [-0.2, -0.15) is 0 Å². The number of hydrogen-bond donors (Lipinski definition) is 10. The van der Waals surface area contributed by atoms with Crippen LogP contribution >= 0.6 is 0 Å². The first-order valence-electron chi connectivity index (χ1n) is 12.8. The van der Waals surface area contributed by atoms with Crippen LogP contribution < -0.4 is 9.47 Å². The van der Waals surface area contributed by atoms with Crippen LogP contribution in [0.1, 0.15) is 45.9 Å².